The van der Waals surface area contributed by atoms with Gasteiger partial charge in [-0.05, 0) is 36.8 Å². The fourth-order valence-corrected chi connectivity index (χ4v) is 3.84. The van der Waals surface area contributed by atoms with Crippen LogP contribution >= 0.6 is 15.9 Å². The number of piperazine rings is 1. The van der Waals surface area contributed by atoms with E-state index in [4.69, 9.17) is 9.15 Å². The molecule has 0 aliphatic carbocycles. The molecule has 1 fully saturated rings. The molecule has 3 aromatic rings. The minimum Gasteiger partial charge on any atom is -0.450 e. The van der Waals surface area contributed by atoms with Gasteiger partial charge in [-0.1, -0.05) is 46.3 Å². The number of benzene rings is 2. The van der Waals surface area contributed by atoms with Gasteiger partial charge in [-0.2, -0.15) is 0 Å². The normalized spacial score (nSPS) is 15.7. The Morgan fingerprint density at radius 3 is 2.43 bits per heavy atom. The van der Waals surface area contributed by atoms with E-state index in [1.807, 2.05) is 49.4 Å². The fraction of sp³-hybridized carbons (Fsp3) is 0.318. The first-order valence-corrected chi connectivity index (χ1v) is 10.7. The van der Waals surface area contributed by atoms with Crippen LogP contribution in [0, 0.1) is 0 Å². The van der Waals surface area contributed by atoms with Crippen LogP contribution in [-0.4, -0.2) is 58.9 Å². The second-order valence-electron chi connectivity index (χ2n) is 6.99. The minimum absolute atomic E-state index is 0.188. The zero-order valence-electron chi connectivity index (χ0n) is 16.7. The fourth-order valence-electron chi connectivity index (χ4n) is 3.57. The third kappa shape index (κ3) is 4.55. The third-order valence-corrected chi connectivity index (χ3v) is 5.62. The second kappa shape index (κ2) is 9.40. The van der Waals surface area contributed by atoms with Crippen LogP contribution in [0.3, 0.4) is 0 Å². The van der Waals surface area contributed by atoms with Gasteiger partial charge in [0.15, 0.2) is 0 Å². The average Bonchev–Trinajstić information content (AvgIpc) is 3.26. The zero-order valence-corrected chi connectivity index (χ0v) is 18.3. The Morgan fingerprint density at radius 2 is 1.77 bits per heavy atom. The highest BCUT2D eigenvalue weighted by atomic mass is 79.9. The Bertz CT molecular complexity index is 970. The van der Waals surface area contributed by atoms with Crippen LogP contribution in [0.1, 0.15) is 24.4 Å². The van der Waals surface area contributed by atoms with Crippen LogP contribution in [0.4, 0.5) is 4.79 Å². The highest BCUT2D eigenvalue weighted by Crippen LogP contribution is 2.31. The first kappa shape index (κ1) is 20.6. The Labute approximate surface area is 183 Å². The van der Waals surface area contributed by atoms with Gasteiger partial charge in [-0.15, -0.1) is 10.2 Å². The SMILES string of the molecule is CCOC(=O)N1CCN(C(c2ccc(Br)cc2)c2nnc(-c3ccccc3)o2)CC1. The molecule has 4 rings (SSSR count). The van der Waals surface area contributed by atoms with Crippen LogP contribution in [0.25, 0.3) is 11.5 Å². The van der Waals surface area contributed by atoms with Crippen LogP contribution in [-0.2, 0) is 4.74 Å². The van der Waals surface area contributed by atoms with E-state index in [-0.39, 0.29) is 12.1 Å². The summed E-state index contributed by atoms with van der Waals surface area (Å²) in [6.45, 7) is 4.74. The molecule has 0 N–H and O–H groups in total. The molecular weight excluding hydrogens is 448 g/mol. The predicted octanol–water partition coefficient (Wildman–Crippen LogP) is 4.36. The first-order chi connectivity index (χ1) is 14.7. The number of carbonyl (C=O) groups excluding carboxylic acids is 1. The Kier molecular flexibility index (Phi) is 6.44. The van der Waals surface area contributed by atoms with E-state index in [1.54, 1.807) is 4.90 Å². The number of carbonyl (C=O) groups is 1. The van der Waals surface area contributed by atoms with E-state index in [0.29, 0.717) is 44.6 Å². The molecule has 7 nitrogen and oxygen atoms in total. The molecule has 1 atom stereocenters. The molecule has 1 amide bonds. The van der Waals surface area contributed by atoms with Crippen LogP contribution in [0.5, 0.6) is 0 Å². The van der Waals surface area contributed by atoms with Crippen LogP contribution in [0.15, 0.2) is 63.5 Å². The lowest BCUT2D eigenvalue weighted by molar-refractivity contribution is 0.0678. The summed E-state index contributed by atoms with van der Waals surface area (Å²) in [5, 5.41) is 8.65. The molecule has 1 unspecified atom stereocenters. The van der Waals surface area contributed by atoms with Crippen molar-refractivity contribution in [3.8, 4) is 11.5 Å². The van der Waals surface area contributed by atoms with Gasteiger partial charge in [-0.25, -0.2) is 4.79 Å². The summed E-state index contributed by atoms with van der Waals surface area (Å²) in [6, 6.07) is 17.7. The molecule has 0 saturated carbocycles. The van der Waals surface area contributed by atoms with Gasteiger partial charge in [0.25, 0.3) is 0 Å². The lowest BCUT2D eigenvalue weighted by Gasteiger charge is -2.37. The van der Waals surface area contributed by atoms with Crippen molar-refractivity contribution in [3.63, 3.8) is 0 Å². The summed E-state index contributed by atoms with van der Waals surface area (Å²) >= 11 is 3.50. The number of hydrogen-bond acceptors (Lipinski definition) is 6. The van der Waals surface area contributed by atoms with E-state index < -0.39 is 0 Å². The molecule has 2 aromatic carbocycles. The maximum atomic E-state index is 12.1. The van der Waals surface area contributed by atoms with E-state index in [0.717, 1.165) is 15.6 Å². The monoisotopic (exact) mass is 470 g/mol. The van der Waals surface area contributed by atoms with E-state index >= 15 is 0 Å². The van der Waals surface area contributed by atoms with Gasteiger partial charge in [-0.3, -0.25) is 4.90 Å². The summed E-state index contributed by atoms with van der Waals surface area (Å²) in [5.74, 6) is 1.04. The predicted molar refractivity (Wildman–Crippen MR) is 116 cm³/mol. The van der Waals surface area contributed by atoms with Crippen molar-refractivity contribution in [2.45, 2.75) is 13.0 Å². The zero-order chi connectivity index (χ0) is 20.9. The maximum absolute atomic E-state index is 12.1. The number of rotatable bonds is 5. The van der Waals surface area contributed by atoms with E-state index in [9.17, 15) is 4.79 Å². The summed E-state index contributed by atoms with van der Waals surface area (Å²) in [5.41, 5.74) is 1.95. The molecule has 30 heavy (non-hydrogen) atoms. The molecule has 0 bridgehead atoms. The van der Waals surface area contributed by atoms with Gasteiger partial charge in [0.1, 0.15) is 6.04 Å². The molecule has 1 aliphatic heterocycles. The topological polar surface area (TPSA) is 71.7 Å². The van der Waals surface area contributed by atoms with Crippen molar-refractivity contribution in [2.24, 2.45) is 0 Å². The Balaban J connectivity index is 1.59. The number of hydrogen-bond donors (Lipinski definition) is 0. The van der Waals surface area contributed by atoms with Gasteiger partial charge >= 0.3 is 6.09 Å². The molecule has 1 saturated heterocycles. The lowest BCUT2D eigenvalue weighted by Crippen LogP contribution is -2.50. The smallest absolute Gasteiger partial charge is 0.409 e. The summed E-state index contributed by atoms with van der Waals surface area (Å²) < 4.78 is 12.2. The molecule has 1 aromatic heterocycles. The van der Waals surface area contributed by atoms with Crippen molar-refractivity contribution < 1.29 is 13.9 Å². The Morgan fingerprint density at radius 1 is 1.07 bits per heavy atom. The lowest BCUT2D eigenvalue weighted by atomic mass is 10.0. The number of amides is 1. The van der Waals surface area contributed by atoms with Crippen molar-refractivity contribution >= 4 is 22.0 Å². The molecular formula is C22H23BrN4O3. The molecule has 156 valence electrons. The van der Waals surface area contributed by atoms with Gasteiger partial charge in [0.05, 0.1) is 6.61 Å². The standard InChI is InChI=1S/C22H23BrN4O3/c1-2-29-22(28)27-14-12-26(13-15-27)19(16-8-10-18(23)11-9-16)21-25-24-20(30-21)17-6-4-3-5-7-17/h3-11,19H,2,12-15H2,1H3. The number of aromatic nitrogens is 2. The molecule has 2 heterocycles. The van der Waals surface area contributed by atoms with E-state index in [1.165, 1.54) is 0 Å². The van der Waals surface area contributed by atoms with Crippen LogP contribution in [0.2, 0.25) is 0 Å². The number of nitrogens with zero attached hydrogens (tertiary/aromatic N) is 4. The van der Waals surface area contributed by atoms with Crippen molar-refractivity contribution in [1.29, 1.82) is 0 Å². The van der Waals surface area contributed by atoms with Gasteiger partial charge < -0.3 is 14.1 Å². The third-order valence-electron chi connectivity index (χ3n) is 5.09. The minimum atomic E-state index is -0.263. The van der Waals surface area contributed by atoms with Crippen molar-refractivity contribution in [1.82, 2.24) is 20.0 Å². The summed E-state index contributed by atoms with van der Waals surface area (Å²) in [7, 11) is 0. The first-order valence-electron chi connectivity index (χ1n) is 9.95. The van der Waals surface area contributed by atoms with Crippen LogP contribution < -0.4 is 0 Å². The molecule has 0 radical (unpaired) electrons. The molecule has 0 spiro atoms. The molecule has 1 aliphatic rings. The maximum Gasteiger partial charge on any atom is 0.409 e. The van der Waals surface area contributed by atoms with E-state index in [2.05, 4.69) is 43.2 Å². The highest BCUT2D eigenvalue weighted by Gasteiger charge is 2.32. The van der Waals surface area contributed by atoms with Gasteiger partial charge in [0, 0.05) is 36.2 Å². The average molecular weight is 471 g/mol. The second-order valence-corrected chi connectivity index (χ2v) is 7.90. The van der Waals surface area contributed by atoms with Crippen molar-refractivity contribution in [2.75, 3.05) is 32.8 Å². The largest absolute Gasteiger partial charge is 0.450 e. The summed E-state index contributed by atoms with van der Waals surface area (Å²) in [4.78, 5) is 16.1. The summed E-state index contributed by atoms with van der Waals surface area (Å²) in [6.07, 6.45) is -0.263. The number of halogens is 1. The van der Waals surface area contributed by atoms with Crippen molar-refractivity contribution in [3.05, 3.63) is 70.5 Å². The quantitative estimate of drug-likeness (QED) is 0.551. The Hall–Kier alpha value is -2.71. The highest BCUT2D eigenvalue weighted by molar-refractivity contribution is 9.10. The van der Waals surface area contributed by atoms with Gasteiger partial charge in [0.2, 0.25) is 11.8 Å². The molecule has 8 heteroatoms. The number of ether oxygens (including phenoxy) is 1.